The summed E-state index contributed by atoms with van der Waals surface area (Å²) in [5.41, 5.74) is 7.88. The number of hydrogen-bond donors (Lipinski definition) is 2. The van der Waals surface area contributed by atoms with E-state index in [1.165, 1.54) is 0 Å². The van der Waals surface area contributed by atoms with Crippen LogP contribution >= 0.6 is 0 Å². The number of hydrogen-bond acceptors (Lipinski definition) is 2. The molecule has 0 aliphatic carbocycles. The number of carbonyl (C=O) groups is 1. The molecule has 3 N–H and O–H groups in total. The average molecular weight is 192 g/mol. The van der Waals surface area contributed by atoms with Crippen LogP contribution in [0.2, 0.25) is 0 Å². The molecule has 1 rings (SSSR count). The van der Waals surface area contributed by atoms with E-state index in [0.717, 1.165) is 12.0 Å². The standard InChI is InChI=1S/C11H16N2O/c1-3-7-13-11(14)9-5-4-6-10(12)8(9)2/h4-6H,3,7,12H2,1-2H3,(H,13,14). The Hall–Kier alpha value is -1.51. The van der Waals surface area contributed by atoms with Gasteiger partial charge in [0.25, 0.3) is 5.91 Å². The van der Waals surface area contributed by atoms with Crippen LogP contribution in [0.15, 0.2) is 18.2 Å². The van der Waals surface area contributed by atoms with E-state index < -0.39 is 0 Å². The zero-order chi connectivity index (χ0) is 10.6. The molecule has 0 aromatic heterocycles. The van der Waals surface area contributed by atoms with Gasteiger partial charge in [0.1, 0.15) is 0 Å². The van der Waals surface area contributed by atoms with Crippen molar-refractivity contribution in [1.82, 2.24) is 5.32 Å². The highest BCUT2D eigenvalue weighted by molar-refractivity contribution is 5.96. The Balaban J connectivity index is 2.84. The van der Waals surface area contributed by atoms with Crippen LogP contribution in [0.3, 0.4) is 0 Å². The normalized spacial score (nSPS) is 9.86. The van der Waals surface area contributed by atoms with Crippen LogP contribution in [0.1, 0.15) is 29.3 Å². The molecule has 0 aliphatic rings. The topological polar surface area (TPSA) is 55.1 Å². The van der Waals surface area contributed by atoms with Crippen molar-refractivity contribution in [3.63, 3.8) is 0 Å². The van der Waals surface area contributed by atoms with Gasteiger partial charge in [0, 0.05) is 17.8 Å². The van der Waals surface area contributed by atoms with Crippen LogP contribution in [-0.2, 0) is 0 Å². The number of anilines is 1. The maximum absolute atomic E-state index is 11.6. The van der Waals surface area contributed by atoms with Gasteiger partial charge in [-0.3, -0.25) is 4.79 Å². The van der Waals surface area contributed by atoms with Crippen molar-refractivity contribution in [1.29, 1.82) is 0 Å². The number of rotatable bonds is 3. The molecule has 0 bridgehead atoms. The van der Waals surface area contributed by atoms with Crippen LogP contribution in [0.5, 0.6) is 0 Å². The molecule has 0 aliphatic heterocycles. The second-order valence-electron chi connectivity index (χ2n) is 3.28. The quantitative estimate of drug-likeness (QED) is 0.716. The monoisotopic (exact) mass is 192 g/mol. The Morgan fingerprint density at radius 3 is 2.86 bits per heavy atom. The summed E-state index contributed by atoms with van der Waals surface area (Å²) in [6.45, 7) is 4.58. The lowest BCUT2D eigenvalue weighted by Gasteiger charge is -2.08. The summed E-state index contributed by atoms with van der Waals surface area (Å²) in [4.78, 5) is 11.6. The van der Waals surface area contributed by atoms with Crippen LogP contribution in [0.4, 0.5) is 5.69 Å². The Morgan fingerprint density at radius 1 is 1.50 bits per heavy atom. The molecule has 3 heteroatoms. The van der Waals surface area contributed by atoms with Gasteiger partial charge in [0.05, 0.1) is 0 Å². The molecule has 0 radical (unpaired) electrons. The van der Waals surface area contributed by atoms with E-state index in [4.69, 9.17) is 5.73 Å². The van der Waals surface area contributed by atoms with Gasteiger partial charge in [0.2, 0.25) is 0 Å². The van der Waals surface area contributed by atoms with Crippen LogP contribution in [-0.4, -0.2) is 12.5 Å². The van der Waals surface area contributed by atoms with Crippen molar-refractivity contribution >= 4 is 11.6 Å². The van der Waals surface area contributed by atoms with Crippen molar-refractivity contribution < 1.29 is 4.79 Å². The Bertz CT molecular complexity index is 334. The molecule has 0 heterocycles. The SMILES string of the molecule is CCCNC(=O)c1cccc(N)c1C. The number of nitrogens with one attached hydrogen (secondary N) is 1. The summed E-state index contributed by atoms with van der Waals surface area (Å²) in [5, 5.41) is 2.82. The second kappa shape index (κ2) is 4.65. The third-order valence-electron chi connectivity index (χ3n) is 2.16. The summed E-state index contributed by atoms with van der Waals surface area (Å²) in [6.07, 6.45) is 0.938. The first-order chi connectivity index (χ1) is 6.66. The molecule has 0 saturated carbocycles. The highest BCUT2D eigenvalue weighted by Crippen LogP contribution is 2.14. The van der Waals surface area contributed by atoms with Crippen molar-refractivity contribution in [2.45, 2.75) is 20.3 Å². The van der Waals surface area contributed by atoms with E-state index in [0.29, 0.717) is 17.8 Å². The molecule has 1 aromatic rings. The third kappa shape index (κ3) is 2.25. The average Bonchev–Trinajstić information content (AvgIpc) is 2.18. The Kier molecular flexibility index (Phi) is 3.51. The number of carbonyl (C=O) groups excluding carboxylic acids is 1. The first-order valence-electron chi connectivity index (χ1n) is 4.80. The molecule has 0 unspecified atom stereocenters. The molecular weight excluding hydrogens is 176 g/mol. The lowest BCUT2D eigenvalue weighted by molar-refractivity contribution is 0.0953. The minimum absolute atomic E-state index is 0.0448. The Labute approximate surface area is 84.3 Å². The zero-order valence-electron chi connectivity index (χ0n) is 8.63. The maximum atomic E-state index is 11.6. The second-order valence-corrected chi connectivity index (χ2v) is 3.28. The van der Waals surface area contributed by atoms with Crippen LogP contribution in [0.25, 0.3) is 0 Å². The third-order valence-corrected chi connectivity index (χ3v) is 2.16. The molecule has 14 heavy (non-hydrogen) atoms. The van der Waals surface area contributed by atoms with Crippen molar-refractivity contribution in [3.8, 4) is 0 Å². The predicted octanol–water partition coefficient (Wildman–Crippen LogP) is 1.72. The minimum atomic E-state index is -0.0448. The maximum Gasteiger partial charge on any atom is 0.251 e. The number of nitrogen functional groups attached to an aromatic ring is 1. The fraction of sp³-hybridized carbons (Fsp3) is 0.364. The van der Waals surface area contributed by atoms with E-state index in [9.17, 15) is 4.79 Å². The lowest BCUT2D eigenvalue weighted by atomic mass is 10.1. The van der Waals surface area contributed by atoms with E-state index in [2.05, 4.69) is 5.32 Å². The molecule has 0 spiro atoms. The van der Waals surface area contributed by atoms with Gasteiger partial charge in [-0.2, -0.15) is 0 Å². The first-order valence-corrected chi connectivity index (χ1v) is 4.80. The van der Waals surface area contributed by atoms with Crippen LogP contribution < -0.4 is 11.1 Å². The molecule has 1 amide bonds. The molecule has 0 saturated heterocycles. The molecule has 76 valence electrons. The predicted molar refractivity (Wildman–Crippen MR) is 58.2 cm³/mol. The first kappa shape index (κ1) is 10.6. The summed E-state index contributed by atoms with van der Waals surface area (Å²) in [5.74, 6) is -0.0448. The van der Waals surface area contributed by atoms with E-state index >= 15 is 0 Å². The van der Waals surface area contributed by atoms with Crippen molar-refractivity contribution in [3.05, 3.63) is 29.3 Å². The number of benzene rings is 1. The van der Waals surface area contributed by atoms with Gasteiger partial charge >= 0.3 is 0 Å². The number of amides is 1. The van der Waals surface area contributed by atoms with Crippen molar-refractivity contribution in [2.75, 3.05) is 12.3 Å². The number of nitrogens with two attached hydrogens (primary N) is 1. The van der Waals surface area contributed by atoms with Gasteiger partial charge in [-0.1, -0.05) is 13.0 Å². The molecular formula is C11H16N2O. The van der Waals surface area contributed by atoms with Gasteiger partial charge in [-0.15, -0.1) is 0 Å². The van der Waals surface area contributed by atoms with E-state index in [1.54, 1.807) is 18.2 Å². The summed E-state index contributed by atoms with van der Waals surface area (Å²) < 4.78 is 0. The molecule has 1 aromatic carbocycles. The highest BCUT2D eigenvalue weighted by Gasteiger charge is 2.08. The van der Waals surface area contributed by atoms with Gasteiger partial charge < -0.3 is 11.1 Å². The zero-order valence-corrected chi connectivity index (χ0v) is 8.63. The molecule has 3 nitrogen and oxygen atoms in total. The van der Waals surface area contributed by atoms with Gasteiger partial charge in [-0.05, 0) is 31.0 Å². The summed E-state index contributed by atoms with van der Waals surface area (Å²) >= 11 is 0. The lowest BCUT2D eigenvalue weighted by Crippen LogP contribution is -2.24. The van der Waals surface area contributed by atoms with E-state index in [-0.39, 0.29) is 5.91 Å². The summed E-state index contributed by atoms with van der Waals surface area (Å²) in [6, 6.07) is 5.38. The van der Waals surface area contributed by atoms with Gasteiger partial charge in [-0.25, -0.2) is 0 Å². The highest BCUT2D eigenvalue weighted by atomic mass is 16.1. The molecule has 0 atom stereocenters. The van der Waals surface area contributed by atoms with Crippen LogP contribution in [0, 0.1) is 6.92 Å². The van der Waals surface area contributed by atoms with Gasteiger partial charge in [0.15, 0.2) is 0 Å². The largest absolute Gasteiger partial charge is 0.398 e. The Morgan fingerprint density at radius 2 is 2.21 bits per heavy atom. The van der Waals surface area contributed by atoms with Crippen molar-refractivity contribution in [2.24, 2.45) is 0 Å². The van der Waals surface area contributed by atoms with E-state index in [1.807, 2.05) is 13.8 Å². The minimum Gasteiger partial charge on any atom is -0.398 e. The molecule has 0 fully saturated rings. The fourth-order valence-corrected chi connectivity index (χ4v) is 1.23. The fourth-order valence-electron chi connectivity index (χ4n) is 1.23. The summed E-state index contributed by atoms with van der Waals surface area (Å²) in [7, 11) is 0. The smallest absolute Gasteiger partial charge is 0.251 e.